The lowest BCUT2D eigenvalue weighted by molar-refractivity contribution is -0.128. The number of hydrogen-bond donors (Lipinski definition) is 0. The van der Waals surface area contributed by atoms with Crippen LogP contribution in [0.1, 0.15) is 11.1 Å². The van der Waals surface area contributed by atoms with Crippen molar-refractivity contribution < 1.29 is 9.53 Å². The van der Waals surface area contributed by atoms with Gasteiger partial charge in [0.05, 0.1) is 5.52 Å². The maximum atomic E-state index is 11.4. The Balaban J connectivity index is 1.78. The summed E-state index contributed by atoms with van der Waals surface area (Å²) in [6, 6.07) is 11.3. The SMILES string of the molecule is C#Cc1ccc2c(c1)N(c1ncnc3cc(OC(=O)C=C)ccc13)CC2. The molecule has 0 atom stereocenters. The van der Waals surface area contributed by atoms with Crippen LogP contribution in [0.15, 0.2) is 55.4 Å². The van der Waals surface area contributed by atoms with Gasteiger partial charge in [-0.1, -0.05) is 18.6 Å². The van der Waals surface area contributed by atoms with Crippen LogP contribution in [-0.4, -0.2) is 22.5 Å². The predicted molar refractivity (Wildman–Crippen MR) is 100 cm³/mol. The first-order valence-electron chi connectivity index (χ1n) is 8.15. The first-order chi connectivity index (χ1) is 12.7. The van der Waals surface area contributed by atoms with E-state index in [1.807, 2.05) is 18.2 Å². The number of nitrogens with zero attached hydrogens (tertiary/aromatic N) is 3. The van der Waals surface area contributed by atoms with E-state index in [0.29, 0.717) is 11.3 Å². The molecule has 0 aliphatic carbocycles. The van der Waals surface area contributed by atoms with Gasteiger partial charge in [-0.3, -0.25) is 0 Å². The number of carbonyl (C=O) groups is 1. The van der Waals surface area contributed by atoms with Crippen LogP contribution >= 0.6 is 0 Å². The summed E-state index contributed by atoms with van der Waals surface area (Å²) in [5, 5.41) is 0.880. The lowest BCUT2D eigenvalue weighted by atomic mass is 10.1. The van der Waals surface area contributed by atoms with Gasteiger partial charge in [0, 0.05) is 35.3 Å². The Hall–Kier alpha value is -3.65. The molecule has 0 saturated carbocycles. The molecule has 1 aliphatic heterocycles. The molecule has 2 aromatic carbocycles. The summed E-state index contributed by atoms with van der Waals surface area (Å²) in [4.78, 5) is 22.3. The topological polar surface area (TPSA) is 55.3 Å². The van der Waals surface area contributed by atoms with Crippen molar-refractivity contribution in [2.24, 2.45) is 0 Å². The average molecular weight is 341 g/mol. The molecule has 2 heterocycles. The molecule has 1 aromatic heterocycles. The van der Waals surface area contributed by atoms with Crippen molar-refractivity contribution >= 4 is 28.4 Å². The molecular weight excluding hydrogens is 326 g/mol. The number of ether oxygens (including phenoxy) is 1. The van der Waals surface area contributed by atoms with Gasteiger partial charge in [-0.25, -0.2) is 14.8 Å². The highest BCUT2D eigenvalue weighted by Gasteiger charge is 2.23. The van der Waals surface area contributed by atoms with Gasteiger partial charge in [-0.15, -0.1) is 6.42 Å². The molecule has 26 heavy (non-hydrogen) atoms. The van der Waals surface area contributed by atoms with E-state index >= 15 is 0 Å². The average Bonchev–Trinajstić information content (AvgIpc) is 3.10. The molecule has 1 aliphatic rings. The zero-order valence-electron chi connectivity index (χ0n) is 14.0. The molecule has 0 unspecified atom stereocenters. The third-order valence-corrected chi connectivity index (χ3v) is 4.38. The number of anilines is 2. The van der Waals surface area contributed by atoms with E-state index in [1.54, 1.807) is 12.1 Å². The summed E-state index contributed by atoms with van der Waals surface area (Å²) < 4.78 is 5.17. The van der Waals surface area contributed by atoms with Crippen LogP contribution in [0.4, 0.5) is 11.5 Å². The fourth-order valence-electron chi connectivity index (χ4n) is 3.15. The lowest BCUT2D eigenvalue weighted by Crippen LogP contribution is -2.15. The fraction of sp³-hybridized carbons (Fsp3) is 0.0952. The second-order valence-corrected chi connectivity index (χ2v) is 5.89. The molecule has 0 N–H and O–H groups in total. The highest BCUT2D eigenvalue weighted by Crippen LogP contribution is 2.37. The highest BCUT2D eigenvalue weighted by molar-refractivity contribution is 5.93. The maximum absolute atomic E-state index is 11.4. The van der Waals surface area contributed by atoms with Crippen LogP contribution < -0.4 is 9.64 Å². The smallest absolute Gasteiger partial charge is 0.335 e. The number of fused-ring (bicyclic) bond motifs is 2. The second kappa shape index (κ2) is 6.34. The Morgan fingerprint density at radius 2 is 2.15 bits per heavy atom. The molecule has 5 heteroatoms. The van der Waals surface area contributed by atoms with Crippen molar-refractivity contribution in [3.8, 4) is 18.1 Å². The quantitative estimate of drug-likeness (QED) is 0.316. The standard InChI is InChI=1S/C21H15N3O2/c1-3-14-5-6-15-9-10-24(19(15)11-14)21-17-8-7-16(26-20(25)4-2)12-18(17)22-13-23-21/h1,4-8,11-13H,2,9-10H2. The van der Waals surface area contributed by atoms with Crippen LogP contribution in [0.3, 0.4) is 0 Å². The van der Waals surface area contributed by atoms with Crippen LogP contribution in [0.2, 0.25) is 0 Å². The normalized spacial score (nSPS) is 12.5. The summed E-state index contributed by atoms with van der Waals surface area (Å²) in [6.07, 6.45) is 9.11. The van der Waals surface area contributed by atoms with Crippen LogP contribution in [0.25, 0.3) is 10.9 Å². The van der Waals surface area contributed by atoms with E-state index in [0.717, 1.165) is 41.5 Å². The van der Waals surface area contributed by atoms with E-state index in [9.17, 15) is 4.79 Å². The molecule has 126 valence electrons. The molecule has 0 fully saturated rings. The van der Waals surface area contributed by atoms with E-state index in [4.69, 9.17) is 11.2 Å². The van der Waals surface area contributed by atoms with Gasteiger partial charge >= 0.3 is 5.97 Å². The van der Waals surface area contributed by atoms with E-state index in [1.165, 1.54) is 11.9 Å². The third-order valence-electron chi connectivity index (χ3n) is 4.38. The molecule has 0 bridgehead atoms. The van der Waals surface area contributed by atoms with Gasteiger partial charge in [0.15, 0.2) is 0 Å². The maximum Gasteiger partial charge on any atom is 0.335 e. The van der Waals surface area contributed by atoms with Crippen LogP contribution in [0, 0.1) is 12.3 Å². The van der Waals surface area contributed by atoms with Crippen molar-refractivity contribution in [2.75, 3.05) is 11.4 Å². The Labute approximate surface area is 151 Å². The van der Waals surface area contributed by atoms with Crippen molar-refractivity contribution in [1.82, 2.24) is 9.97 Å². The molecule has 4 rings (SSSR count). The highest BCUT2D eigenvalue weighted by atomic mass is 16.5. The molecular formula is C21H15N3O2. The van der Waals surface area contributed by atoms with Gasteiger partial charge in [0.25, 0.3) is 0 Å². The minimum atomic E-state index is -0.506. The van der Waals surface area contributed by atoms with Crippen molar-refractivity contribution in [1.29, 1.82) is 0 Å². The second-order valence-electron chi connectivity index (χ2n) is 5.89. The summed E-state index contributed by atoms with van der Waals surface area (Å²) in [5.74, 6) is 3.41. The molecule has 0 radical (unpaired) electrons. The van der Waals surface area contributed by atoms with Gasteiger partial charge < -0.3 is 9.64 Å². The van der Waals surface area contributed by atoms with Crippen LogP contribution in [-0.2, 0) is 11.2 Å². The monoisotopic (exact) mass is 341 g/mol. The Morgan fingerprint density at radius 3 is 2.96 bits per heavy atom. The molecule has 5 nitrogen and oxygen atoms in total. The third kappa shape index (κ3) is 2.68. The molecule has 0 spiro atoms. The zero-order valence-corrected chi connectivity index (χ0v) is 14.0. The summed E-state index contributed by atoms with van der Waals surface area (Å²) in [6.45, 7) is 4.22. The van der Waals surface area contributed by atoms with Crippen molar-refractivity contribution in [2.45, 2.75) is 6.42 Å². The van der Waals surface area contributed by atoms with Gasteiger partial charge in [0.1, 0.15) is 17.9 Å². The van der Waals surface area contributed by atoms with E-state index < -0.39 is 5.97 Å². The lowest BCUT2D eigenvalue weighted by Gasteiger charge is -2.20. The van der Waals surface area contributed by atoms with Gasteiger partial charge in [-0.05, 0) is 36.2 Å². The Kier molecular flexibility index (Phi) is 3.86. The van der Waals surface area contributed by atoms with E-state index in [-0.39, 0.29) is 0 Å². The molecule has 0 saturated heterocycles. The number of terminal acetylenes is 1. The minimum Gasteiger partial charge on any atom is -0.423 e. The van der Waals surface area contributed by atoms with Crippen molar-refractivity contribution in [3.63, 3.8) is 0 Å². The summed E-state index contributed by atoms with van der Waals surface area (Å²) >= 11 is 0. The number of carbonyl (C=O) groups excluding carboxylic acids is 1. The number of hydrogen-bond acceptors (Lipinski definition) is 5. The first kappa shape index (κ1) is 15.9. The van der Waals surface area contributed by atoms with E-state index in [2.05, 4.69) is 33.4 Å². The predicted octanol–water partition coefficient (Wildman–Crippen LogP) is 3.40. The molecule has 0 amide bonds. The van der Waals surface area contributed by atoms with Gasteiger partial charge in [-0.2, -0.15) is 0 Å². The largest absolute Gasteiger partial charge is 0.423 e. The number of rotatable bonds is 3. The minimum absolute atomic E-state index is 0.420. The van der Waals surface area contributed by atoms with Crippen LogP contribution in [0.5, 0.6) is 5.75 Å². The van der Waals surface area contributed by atoms with Gasteiger partial charge in [0.2, 0.25) is 0 Å². The Bertz CT molecular complexity index is 1080. The Morgan fingerprint density at radius 1 is 1.27 bits per heavy atom. The fourth-order valence-corrected chi connectivity index (χ4v) is 3.15. The molecule has 3 aromatic rings. The van der Waals surface area contributed by atoms with Crippen molar-refractivity contribution in [3.05, 3.63) is 66.5 Å². The number of aromatic nitrogens is 2. The number of benzene rings is 2. The summed E-state index contributed by atoms with van der Waals surface area (Å²) in [5.41, 5.74) is 3.86. The number of esters is 1. The first-order valence-corrected chi connectivity index (χ1v) is 8.15. The summed E-state index contributed by atoms with van der Waals surface area (Å²) in [7, 11) is 0. The zero-order chi connectivity index (χ0) is 18.1.